The van der Waals surface area contributed by atoms with Crippen molar-refractivity contribution >= 4 is 33.8 Å². The molecule has 2 aliphatic carbocycles. The lowest BCUT2D eigenvalue weighted by atomic mass is 9.65. The number of ether oxygens (including phenoxy) is 2. The SMILES string of the molecule is CO[C@H]1C2=CC[C@@H]2C[S-](=O)=NC(=O)c2ccc3c(c2)N(Cc2ccc(Cl)cc2CCCCO3)C[C@@H]2CC[C@H]21. The molecule has 0 radical (unpaired) electrons. The van der Waals surface area contributed by atoms with Gasteiger partial charge in [0.05, 0.1) is 18.4 Å². The first-order valence-corrected chi connectivity index (χ1v) is 15.3. The Bertz CT molecular complexity index is 1350. The molecule has 2 bridgehead atoms. The van der Waals surface area contributed by atoms with Crippen LogP contribution < -0.4 is 9.64 Å². The van der Waals surface area contributed by atoms with Crippen molar-refractivity contribution in [2.24, 2.45) is 22.1 Å². The molecule has 6 nitrogen and oxygen atoms in total. The van der Waals surface area contributed by atoms with Gasteiger partial charge >= 0.3 is 0 Å². The summed E-state index contributed by atoms with van der Waals surface area (Å²) in [5.41, 5.74) is 5.07. The van der Waals surface area contributed by atoms with Crippen molar-refractivity contribution in [1.29, 1.82) is 0 Å². The summed E-state index contributed by atoms with van der Waals surface area (Å²) in [7, 11) is 0.196. The topological polar surface area (TPSA) is 68.2 Å². The van der Waals surface area contributed by atoms with Crippen LogP contribution in [0.15, 0.2) is 52.4 Å². The highest BCUT2D eigenvalue weighted by atomic mass is 35.5. The van der Waals surface area contributed by atoms with Crippen molar-refractivity contribution in [3.05, 3.63) is 69.8 Å². The highest BCUT2D eigenvalue weighted by molar-refractivity contribution is 7.75. The van der Waals surface area contributed by atoms with Gasteiger partial charge in [0.1, 0.15) is 5.75 Å². The Morgan fingerprint density at radius 3 is 2.79 bits per heavy atom. The number of anilines is 1. The number of nitrogens with zero attached hydrogens (tertiary/aromatic N) is 2. The van der Waals surface area contributed by atoms with Gasteiger partial charge in [-0.3, -0.25) is 4.79 Å². The molecule has 1 saturated carbocycles. The Labute approximate surface area is 231 Å². The molecular weight excluding hydrogens is 520 g/mol. The fourth-order valence-electron chi connectivity index (χ4n) is 6.40. The summed E-state index contributed by atoms with van der Waals surface area (Å²) < 4.78 is 29.3. The number of carbonyl (C=O) groups excluding carboxylic acids is 1. The molecule has 4 aliphatic rings. The summed E-state index contributed by atoms with van der Waals surface area (Å²) in [4.78, 5) is 15.5. The quantitative estimate of drug-likeness (QED) is 0.304. The predicted octanol–water partition coefficient (Wildman–Crippen LogP) is 6.35. The Morgan fingerprint density at radius 2 is 2.03 bits per heavy atom. The first kappa shape index (κ1) is 25.9. The molecule has 4 atom stereocenters. The molecule has 0 aromatic heterocycles. The third kappa shape index (κ3) is 5.13. The standard InChI is InChI=1S/C30H34ClN2O4S/c1-36-29-25-10-6-22(25)17-33-16-21-5-9-24(31)14-19(21)4-2-3-13-37-28-12-8-20(15-27(28)33)30(34)32-38(35)18-23-7-11-26(23)29/h5,8-9,11-12,14-15,22-23,25,29H,2-4,6-7,10,13,16-18H2,1H3/q-1/t22-,23+,25+,29+/m0/s1. The van der Waals surface area contributed by atoms with Crippen molar-refractivity contribution < 1.29 is 18.5 Å². The zero-order chi connectivity index (χ0) is 26.2. The third-order valence-corrected chi connectivity index (χ3v) is 10.0. The number of benzene rings is 2. The summed E-state index contributed by atoms with van der Waals surface area (Å²) in [6, 6.07) is 11.7. The van der Waals surface area contributed by atoms with Gasteiger partial charge in [0.2, 0.25) is 0 Å². The molecule has 2 heterocycles. The van der Waals surface area contributed by atoms with Crippen LogP contribution in [0.4, 0.5) is 5.69 Å². The molecule has 6 rings (SSSR count). The lowest BCUT2D eigenvalue weighted by molar-refractivity contribution is -0.00130. The number of methoxy groups -OCH3 is 1. The van der Waals surface area contributed by atoms with E-state index in [2.05, 4.69) is 27.5 Å². The van der Waals surface area contributed by atoms with Crippen LogP contribution in [0.5, 0.6) is 5.75 Å². The van der Waals surface area contributed by atoms with E-state index in [1.165, 1.54) is 16.7 Å². The van der Waals surface area contributed by atoms with Gasteiger partial charge in [-0.15, -0.1) is 0 Å². The third-order valence-electron chi connectivity index (χ3n) is 8.71. The summed E-state index contributed by atoms with van der Waals surface area (Å²) in [6.45, 7) is 2.13. The van der Waals surface area contributed by atoms with Gasteiger partial charge in [0.25, 0.3) is 5.91 Å². The highest BCUT2D eigenvalue weighted by Gasteiger charge is 2.42. The van der Waals surface area contributed by atoms with Gasteiger partial charge in [-0.05, 0) is 103 Å². The molecule has 2 aliphatic heterocycles. The van der Waals surface area contributed by atoms with Gasteiger partial charge in [0, 0.05) is 30.8 Å². The lowest BCUT2D eigenvalue weighted by Gasteiger charge is -2.47. The Kier molecular flexibility index (Phi) is 7.52. The van der Waals surface area contributed by atoms with Gasteiger partial charge in [-0.25, -0.2) is 0 Å². The maximum absolute atomic E-state index is 13.1. The van der Waals surface area contributed by atoms with E-state index in [-0.39, 0.29) is 12.0 Å². The van der Waals surface area contributed by atoms with Crippen molar-refractivity contribution in [2.75, 3.05) is 30.9 Å². The Morgan fingerprint density at radius 1 is 1.13 bits per heavy atom. The minimum atomic E-state index is -1.59. The molecule has 0 N–H and O–H groups in total. The zero-order valence-electron chi connectivity index (χ0n) is 21.7. The molecular formula is C30H34ClN2O4S-. The second kappa shape index (κ2) is 11.0. The zero-order valence-corrected chi connectivity index (χ0v) is 23.3. The number of halogens is 1. The Balaban J connectivity index is 1.46. The van der Waals surface area contributed by atoms with Crippen LogP contribution in [0, 0.1) is 17.8 Å². The van der Waals surface area contributed by atoms with Crippen LogP contribution >= 0.6 is 11.6 Å². The van der Waals surface area contributed by atoms with Gasteiger partial charge in [-0.2, -0.15) is 10.6 Å². The van der Waals surface area contributed by atoms with Crippen LogP contribution in [-0.4, -0.2) is 38.0 Å². The molecule has 2 aromatic rings. The van der Waals surface area contributed by atoms with Crippen molar-refractivity contribution in [2.45, 2.75) is 51.2 Å². The van der Waals surface area contributed by atoms with Crippen molar-refractivity contribution in [3.63, 3.8) is 0 Å². The van der Waals surface area contributed by atoms with Crippen molar-refractivity contribution in [1.82, 2.24) is 0 Å². The summed E-state index contributed by atoms with van der Waals surface area (Å²) in [6.07, 6.45) is 8.23. The van der Waals surface area contributed by atoms with E-state index in [1.54, 1.807) is 13.2 Å². The molecule has 1 amide bonds. The minimum Gasteiger partial charge on any atom is -0.491 e. The molecule has 0 spiro atoms. The fourth-order valence-corrected chi connectivity index (χ4v) is 7.64. The van der Waals surface area contributed by atoms with Crippen LogP contribution in [-0.2, 0) is 32.5 Å². The smallest absolute Gasteiger partial charge is 0.254 e. The average Bonchev–Trinajstić information content (AvgIpc) is 2.91. The first-order valence-electron chi connectivity index (χ1n) is 13.7. The minimum absolute atomic E-state index is 0.0141. The number of carbonyl (C=O) groups is 1. The van der Waals surface area contributed by atoms with Crippen LogP contribution in [0.1, 0.15) is 53.6 Å². The average molecular weight is 554 g/mol. The molecule has 2 aromatic carbocycles. The van der Waals surface area contributed by atoms with Crippen LogP contribution in [0.2, 0.25) is 5.02 Å². The Hall–Kier alpha value is -2.35. The van der Waals surface area contributed by atoms with Crippen LogP contribution in [0.25, 0.3) is 0 Å². The van der Waals surface area contributed by atoms with E-state index >= 15 is 0 Å². The maximum atomic E-state index is 13.1. The molecule has 1 fully saturated rings. The van der Waals surface area contributed by atoms with Crippen molar-refractivity contribution in [3.8, 4) is 5.75 Å². The van der Waals surface area contributed by atoms with E-state index in [1.807, 2.05) is 18.2 Å². The highest BCUT2D eigenvalue weighted by Crippen LogP contribution is 2.46. The molecule has 0 unspecified atom stereocenters. The number of hydrogen-bond acceptors (Lipinski definition) is 6. The van der Waals surface area contributed by atoms with E-state index < -0.39 is 16.5 Å². The monoisotopic (exact) mass is 553 g/mol. The van der Waals surface area contributed by atoms with E-state index in [0.717, 1.165) is 61.5 Å². The summed E-state index contributed by atoms with van der Waals surface area (Å²) in [5, 5.41) is 0.754. The number of fused-ring (bicyclic) bond motifs is 4. The molecule has 0 saturated heterocycles. The predicted molar refractivity (Wildman–Crippen MR) is 150 cm³/mol. The molecule has 38 heavy (non-hydrogen) atoms. The summed E-state index contributed by atoms with van der Waals surface area (Å²) in [5.74, 6) is 1.69. The number of rotatable bonds is 1. The number of allylic oxidation sites excluding steroid dienone is 1. The lowest BCUT2D eigenvalue weighted by Crippen LogP contribution is -2.46. The number of aryl methyl sites for hydroxylation is 1. The van der Waals surface area contributed by atoms with E-state index in [9.17, 15) is 9.00 Å². The second-order valence-corrected chi connectivity index (χ2v) is 12.6. The van der Waals surface area contributed by atoms with Gasteiger partial charge < -0.3 is 22.9 Å². The number of amides is 1. The van der Waals surface area contributed by atoms with E-state index in [4.69, 9.17) is 21.1 Å². The normalized spacial score (nSPS) is 27.9. The largest absolute Gasteiger partial charge is 0.491 e. The maximum Gasteiger partial charge on any atom is 0.254 e. The number of hydrogen-bond donors (Lipinski definition) is 0. The van der Waals surface area contributed by atoms with E-state index in [0.29, 0.717) is 36.3 Å². The second-order valence-electron chi connectivity index (χ2n) is 11.0. The van der Waals surface area contributed by atoms with Crippen LogP contribution in [0.3, 0.4) is 0 Å². The molecule has 8 heteroatoms. The van der Waals surface area contributed by atoms with Gasteiger partial charge in [0.15, 0.2) is 0 Å². The first-order chi connectivity index (χ1) is 18.5. The summed E-state index contributed by atoms with van der Waals surface area (Å²) >= 11 is 6.40. The molecule has 202 valence electrons. The fraction of sp³-hybridized carbons (Fsp3) is 0.500. The van der Waals surface area contributed by atoms with Gasteiger partial charge in [-0.1, -0.05) is 29.5 Å².